The molecule has 1 atom stereocenters. The van der Waals surface area contributed by atoms with Crippen molar-refractivity contribution in [1.29, 1.82) is 0 Å². The van der Waals surface area contributed by atoms with Crippen LogP contribution in [0.1, 0.15) is 42.6 Å². The van der Waals surface area contributed by atoms with E-state index >= 15 is 0 Å². The average molecular weight is 281 g/mol. The van der Waals surface area contributed by atoms with Crippen molar-refractivity contribution in [3.05, 3.63) is 23.2 Å². The quantitative estimate of drug-likeness (QED) is 0.494. The van der Waals surface area contributed by atoms with E-state index in [1.165, 1.54) is 0 Å². The van der Waals surface area contributed by atoms with Crippen LogP contribution in [0.2, 0.25) is 0 Å². The van der Waals surface area contributed by atoms with Crippen molar-refractivity contribution >= 4 is 5.91 Å². The Bertz CT molecular complexity index is 496. The third-order valence-electron chi connectivity index (χ3n) is 3.33. The summed E-state index contributed by atoms with van der Waals surface area (Å²) in [5.74, 6) is 5.79. The molecule has 112 valence electrons. The third kappa shape index (κ3) is 3.39. The van der Waals surface area contributed by atoms with E-state index in [-0.39, 0.29) is 17.5 Å². The predicted octanol–water partition coefficient (Wildman–Crippen LogP) is 1.19. The van der Waals surface area contributed by atoms with Crippen LogP contribution in [0.15, 0.2) is 10.5 Å². The van der Waals surface area contributed by atoms with Gasteiger partial charge in [-0.25, -0.2) is 5.84 Å². The average Bonchev–Trinajstić information content (AvgIpc) is 2.66. The van der Waals surface area contributed by atoms with Crippen LogP contribution in [0.3, 0.4) is 0 Å². The SMILES string of the molecule is Cc1cc(CN2CC(C)OC(C)(C)C2)oc1C(=O)NN. The number of furan rings is 1. The highest BCUT2D eigenvalue weighted by Gasteiger charge is 2.31. The number of nitrogens with two attached hydrogens (primary N) is 1. The lowest BCUT2D eigenvalue weighted by molar-refractivity contribution is -0.131. The second-order valence-corrected chi connectivity index (χ2v) is 6.06. The van der Waals surface area contributed by atoms with Gasteiger partial charge in [-0.05, 0) is 33.8 Å². The second kappa shape index (κ2) is 5.55. The third-order valence-corrected chi connectivity index (χ3v) is 3.33. The van der Waals surface area contributed by atoms with E-state index in [2.05, 4.69) is 31.1 Å². The van der Waals surface area contributed by atoms with Gasteiger partial charge in [-0.1, -0.05) is 0 Å². The number of nitrogens with one attached hydrogen (secondary N) is 1. The molecule has 1 amide bonds. The van der Waals surface area contributed by atoms with Gasteiger partial charge in [0.25, 0.3) is 0 Å². The van der Waals surface area contributed by atoms with Crippen molar-refractivity contribution in [2.24, 2.45) is 5.84 Å². The number of hydrazine groups is 1. The molecule has 1 unspecified atom stereocenters. The number of aryl methyl sites for hydroxylation is 1. The van der Waals surface area contributed by atoms with Crippen molar-refractivity contribution in [2.75, 3.05) is 13.1 Å². The molecule has 0 spiro atoms. The second-order valence-electron chi connectivity index (χ2n) is 6.06. The first-order valence-corrected chi connectivity index (χ1v) is 6.81. The first-order chi connectivity index (χ1) is 9.30. The van der Waals surface area contributed by atoms with Gasteiger partial charge in [0.05, 0.1) is 18.2 Å². The molecule has 6 heteroatoms. The Balaban J connectivity index is 2.08. The van der Waals surface area contributed by atoms with Gasteiger partial charge in [0, 0.05) is 18.7 Å². The summed E-state index contributed by atoms with van der Waals surface area (Å²) >= 11 is 0. The van der Waals surface area contributed by atoms with Gasteiger partial charge in [0.15, 0.2) is 5.76 Å². The van der Waals surface area contributed by atoms with E-state index < -0.39 is 5.91 Å². The maximum absolute atomic E-state index is 11.5. The Labute approximate surface area is 119 Å². The molecule has 6 nitrogen and oxygen atoms in total. The zero-order valence-corrected chi connectivity index (χ0v) is 12.5. The number of carbonyl (C=O) groups is 1. The van der Waals surface area contributed by atoms with Crippen LogP contribution >= 0.6 is 0 Å². The Morgan fingerprint density at radius 1 is 1.60 bits per heavy atom. The first-order valence-electron chi connectivity index (χ1n) is 6.81. The molecular formula is C14H23N3O3. The first kappa shape index (κ1) is 15.0. The Kier molecular flexibility index (Phi) is 4.17. The lowest BCUT2D eigenvalue weighted by Crippen LogP contribution is -2.51. The standard InChI is InChI=1S/C14H23N3O3/c1-9-5-11(19-12(9)13(18)16-15)7-17-6-10(2)20-14(3,4)8-17/h5,10H,6-8,15H2,1-4H3,(H,16,18). The van der Waals surface area contributed by atoms with Crippen LogP contribution in [-0.4, -0.2) is 35.6 Å². The maximum Gasteiger partial charge on any atom is 0.301 e. The van der Waals surface area contributed by atoms with E-state index in [9.17, 15) is 4.79 Å². The summed E-state index contributed by atoms with van der Waals surface area (Å²) in [6.07, 6.45) is 0.182. The molecule has 2 rings (SSSR count). The van der Waals surface area contributed by atoms with Crippen molar-refractivity contribution in [3.63, 3.8) is 0 Å². The minimum Gasteiger partial charge on any atom is -0.454 e. The highest BCUT2D eigenvalue weighted by atomic mass is 16.5. The molecule has 1 saturated heterocycles. The fourth-order valence-corrected chi connectivity index (χ4v) is 2.84. The number of morpholine rings is 1. The number of hydrogen-bond acceptors (Lipinski definition) is 5. The summed E-state index contributed by atoms with van der Waals surface area (Å²) < 4.78 is 11.5. The molecule has 0 radical (unpaired) electrons. The Morgan fingerprint density at radius 2 is 2.30 bits per heavy atom. The van der Waals surface area contributed by atoms with Crippen LogP contribution < -0.4 is 11.3 Å². The highest BCUT2D eigenvalue weighted by Crippen LogP contribution is 2.23. The van der Waals surface area contributed by atoms with Gasteiger partial charge in [-0.2, -0.15) is 0 Å². The molecule has 20 heavy (non-hydrogen) atoms. The topological polar surface area (TPSA) is 80.7 Å². The van der Waals surface area contributed by atoms with E-state index in [1.807, 2.05) is 13.0 Å². The minimum atomic E-state index is -0.399. The highest BCUT2D eigenvalue weighted by molar-refractivity contribution is 5.92. The number of rotatable bonds is 3. The van der Waals surface area contributed by atoms with Crippen LogP contribution in [0.25, 0.3) is 0 Å². The van der Waals surface area contributed by atoms with Crippen LogP contribution in [0, 0.1) is 6.92 Å². The summed E-state index contributed by atoms with van der Waals surface area (Å²) in [5.41, 5.74) is 2.72. The summed E-state index contributed by atoms with van der Waals surface area (Å²) in [6, 6.07) is 1.89. The number of nitrogen functional groups attached to an aromatic ring is 1. The molecule has 1 aromatic heterocycles. The normalized spacial score (nSPS) is 22.8. The molecule has 0 aliphatic carbocycles. The van der Waals surface area contributed by atoms with Gasteiger partial charge >= 0.3 is 5.91 Å². The van der Waals surface area contributed by atoms with E-state index in [4.69, 9.17) is 15.0 Å². The van der Waals surface area contributed by atoms with Crippen molar-refractivity contribution in [1.82, 2.24) is 10.3 Å². The van der Waals surface area contributed by atoms with Gasteiger partial charge in [-0.3, -0.25) is 15.1 Å². The maximum atomic E-state index is 11.5. The molecule has 1 aliphatic rings. The largest absolute Gasteiger partial charge is 0.454 e. The van der Waals surface area contributed by atoms with Crippen LogP contribution in [0.4, 0.5) is 0 Å². The summed E-state index contributed by atoms with van der Waals surface area (Å²) in [5, 5.41) is 0. The molecule has 0 bridgehead atoms. The molecule has 1 fully saturated rings. The van der Waals surface area contributed by atoms with Crippen molar-refractivity contribution < 1.29 is 13.9 Å². The zero-order valence-electron chi connectivity index (χ0n) is 12.5. The number of ether oxygens (including phenoxy) is 1. The molecule has 1 aromatic rings. The lowest BCUT2D eigenvalue weighted by atomic mass is 10.1. The fourth-order valence-electron chi connectivity index (χ4n) is 2.84. The molecule has 3 N–H and O–H groups in total. The summed E-state index contributed by atoms with van der Waals surface area (Å²) in [6.45, 7) is 10.4. The minimum absolute atomic E-state index is 0.170. The van der Waals surface area contributed by atoms with Gasteiger partial charge in [0.1, 0.15) is 5.76 Å². The zero-order chi connectivity index (χ0) is 14.9. The summed E-state index contributed by atoms with van der Waals surface area (Å²) in [4.78, 5) is 13.8. The molecular weight excluding hydrogens is 258 g/mol. The fraction of sp³-hybridized carbons (Fsp3) is 0.643. The van der Waals surface area contributed by atoms with Gasteiger partial charge in [0.2, 0.25) is 0 Å². The molecule has 0 aromatic carbocycles. The number of amides is 1. The van der Waals surface area contributed by atoms with Gasteiger partial charge < -0.3 is 9.15 Å². The number of nitrogens with zero attached hydrogens (tertiary/aromatic N) is 1. The smallest absolute Gasteiger partial charge is 0.301 e. The summed E-state index contributed by atoms with van der Waals surface area (Å²) in [7, 11) is 0. The van der Waals surface area contributed by atoms with Crippen molar-refractivity contribution in [2.45, 2.75) is 45.9 Å². The van der Waals surface area contributed by atoms with Gasteiger partial charge in [-0.15, -0.1) is 0 Å². The van der Waals surface area contributed by atoms with Crippen LogP contribution in [0.5, 0.6) is 0 Å². The van der Waals surface area contributed by atoms with E-state index in [1.54, 1.807) is 0 Å². The molecule has 2 heterocycles. The number of carbonyl (C=O) groups excluding carboxylic acids is 1. The van der Waals surface area contributed by atoms with E-state index in [0.717, 1.165) is 24.4 Å². The molecule has 1 aliphatic heterocycles. The Morgan fingerprint density at radius 3 is 2.90 bits per heavy atom. The van der Waals surface area contributed by atoms with Crippen LogP contribution in [-0.2, 0) is 11.3 Å². The number of hydrogen-bond donors (Lipinski definition) is 2. The monoisotopic (exact) mass is 281 g/mol. The van der Waals surface area contributed by atoms with E-state index in [0.29, 0.717) is 6.54 Å². The van der Waals surface area contributed by atoms with Crippen molar-refractivity contribution in [3.8, 4) is 0 Å². The Hall–Kier alpha value is -1.37. The predicted molar refractivity (Wildman–Crippen MR) is 75.0 cm³/mol. The lowest BCUT2D eigenvalue weighted by Gasteiger charge is -2.41. The molecule has 0 saturated carbocycles.